The highest BCUT2D eigenvalue weighted by molar-refractivity contribution is 6.01. The number of fused-ring (bicyclic) bond motifs is 1. The van der Waals surface area contributed by atoms with Gasteiger partial charge in [0.15, 0.2) is 5.41 Å². The summed E-state index contributed by atoms with van der Waals surface area (Å²) in [5.74, 6) is -0.832. The Bertz CT molecular complexity index is 936. The average Bonchev–Trinajstić information content (AvgIpc) is 2.71. The standard InChI is InChI=1S/C25H30O5/c1-6-29-22(27)25(23(28)30-7-2)14-18-10-8-9-11-20(18)24(5,15-25)19-12-16(3)21(26)17(4)13-19/h8-13,26H,6-7,14-15H2,1-5H3/t24-/m0/s1. The van der Waals surface area contributed by atoms with Crippen molar-refractivity contribution >= 4 is 11.9 Å². The SMILES string of the molecule is CCOC(=O)C1(C(=O)OCC)Cc2ccccc2[C@](C)(c2cc(C)c(O)c(C)c2)C1. The number of hydrogen-bond donors (Lipinski definition) is 1. The van der Waals surface area contributed by atoms with Gasteiger partial charge < -0.3 is 14.6 Å². The van der Waals surface area contributed by atoms with Crippen molar-refractivity contribution in [1.82, 2.24) is 0 Å². The molecule has 30 heavy (non-hydrogen) atoms. The molecule has 5 nitrogen and oxygen atoms in total. The lowest BCUT2D eigenvalue weighted by molar-refractivity contribution is -0.174. The summed E-state index contributed by atoms with van der Waals surface area (Å²) in [6, 6.07) is 11.8. The molecule has 1 N–H and O–H groups in total. The molecule has 0 spiro atoms. The van der Waals surface area contributed by atoms with E-state index in [1.807, 2.05) is 57.2 Å². The summed E-state index contributed by atoms with van der Waals surface area (Å²) in [7, 11) is 0. The number of rotatable bonds is 5. The molecule has 2 aromatic carbocycles. The fourth-order valence-electron chi connectivity index (χ4n) is 4.74. The Morgan fingerprint density at radius 2 is 1.53 bits per heavy atom. The molecule has 1 aliphatic rings. The number of esters is 2. The largest absolute Gasteiger partial charge is 0.507 e. The van der Waals surface area contributed by atoms with E-state index in [-0.39, 0.29) is 31.8 Å². The van der Waals surface area contributed by atoms with Crippen molar-refractivity contribution in [3.63, 3.8) is 0 Å². The van der Waals surface area contributed by atoms with E-state index in [1.165, 1.54) is 0 Å². The lowest BCUT2D eigenvalue weighted by Crippen LogP contribution is -2.51. The first-order chi connectivity index (χ1) is 14.2. The second-order valence-electron chi connectivity index (χ2n) is 8.32. The first kappa shape index (κ1) is 21.9. The van der Waals surface area contributed by atoms with Crippen LogP contribution in [0, 0.1) is 19.3 Å². The van der Waals surface area contributed by atoms with Crippen LogP contribution in [0.25, 0.3) is 0 Å². The van der Waals surface area contributed by atoms with Crippen molar-refractivity contribution in [2.75, 3.05) is 13.2 Å². The number of carbonyl (C=O) groups excluding carboxylic acids is 2. The van der Waals surface area contributed by atoms with E-state index in [1.54, 1.807) is 13.8 Å². The number of aryl methyl sites for hydroxylation is 2. The molecule has 0 bridgehead atoms. The fourth-order valence-corrected chi connectivity index (χ4v) is 4.74. The molecule has 0 saturated heterocycles. The van der Waals surface area contributed by atoms with Crippen LogP contribution in [0.3, 0.4) is 0 Å². The molecule has 0 aromatic heterocycles. The van der Waals surface area contributed by atoms with Crippen LogP contribution in [0.1, 0.15) is 55.0 Å². The number of ether oxygens (including phenoxy) is 2. The highest BCUT2D eigenvalue weighted by atomic mass is 16.6. The molecule has 0 unspecified atom stereocenters. The zero-order valence-corrected chi connectivity index (χ0v) is 18.4. The van der Waals surface area contributed by atoms with Crippen molar-refractivity contribution in [2.45, 2.75) is 52.9 Å². The Morgan fingerprint density at radius 1 is 1.00 bits per heavy atom. The molecular formula is C25H30O5. The number of aromatic hydroxyl groups is 1. The maximum Gasteiger partial charge on any atom is 0.323 e. The molecule has 5 heteroatoms. The summed E-state index contributed by atoms with van der Waals surface area (Å²) < 4.78 is 10.8. The minimum atomic E-state index is -1.42. The molecular weight excluding hydrogens is 380 g/mol. The molecule has 3 rings (SSSR count). The zero-order chi connectivity index (χ0) is 22.1. The normalized spacial score (nSPS) is 19.6. The van der Waals surface area contributed by atoms with Gasteiger partial charge in [-0.15, -0.1) is 0 Å². The minimum absolute atomic E-state index is 0.190. The third-order valence-electron chi connectivity index (χ3n) is 6.22. The van der Waals surface area contributed by atoms with Crippen LogP contribution >= 0.6 is 0 Å². The number of phenolic OH excluding ortho intramolecular Hbond substituents is 1. The van der Waals surface area contributed by atoms with Crippen LogP contribution in [0.4, 0.5) is 0 Å². The van der Waals surface area contributed by atoms with E-state index in [2.05, 4.69) is 0 Å². The van der Waals surface area contributed by atoms with Gasteiger partial charge in [-0.1, -0.05) is 43.3 Å². The van der Waals surface area contributed by atoms with Crippen molar-refractivity contribution in [3.8, 4) is 5.75 Å². The van der Waals surface area contributed by atoms with Gasteiger partial charge in [-0.25, -0.2) is 0 Å². The molecule has 0 amide bonds. The first-order valence-corrected chi connectivity index (χ1v) is 10.4. The Balaban J connectivity index is 2.27. The summed E-state index contributed by atoms with van der Waals surface area (Å²) in [6.45, 7) is 9.61. The first-order valence-electron chi connectivity index (χ1n) is 10.4. The van der Waals surface area contributed by atoms with Crippen LogP contribution in [-0.2, 0) is 30.9 Å². The predicted molar refractivity (Wildman–Crippen MR) is 114 cm³/mol. The van der Waals surface area contributed by atoms with E-state index in [0.717, 1.165) is 27.8 Å². The van der Waals surface area contributed by atoms with Crippen molar-refractivity contribution < 1.29 is 24.2 Å². The van der Waals surface area contributed by atoms with Gasteiger partial charge in [-0.05, 0) is 68.4 Å². The lowest BCUT2D eigenvalue weighted by Gasteiger charge is -2.45. The maximum absolute atomic E-state index is 13.2. The highest BCUT2D eigenvalue weighted by Crippen LogP contribution is 2.51. The third kappa shape index (κ3) is 3.47. The van der Waals surface area contributed by atoms with E-state index in [0.29, 0.717) is 0 Å². The molecule has 1 aliphatic carbocycles. The molecule has 0 saturated carbocycles. The molecule has 0 radical (unpaired) electrons. The molecule has 0 aliphatic heterocycles. The second kappa shape index (κ2) is 8.13. The number of hydrogen-bond acceptors (Lipinski definition) is 5. The second-order valence-corrected chi connectivity index (χ2v) is 8.32. The van der Waals surface area contributed by atoms with E-state index < -0.39 is 22.8 Å². The van der Waals surface area contributed by atoms with Gasteiger partial charge in [0.25, 0.3) is 0 Å². The summed E-state index contributed by atoms with van der Waals surface area (Å²) in [6.07, 6.45) is 0.477. The molecule has 0 heterocycles. The lowest BCUT2D eigenvalue weighted by atomic mass is 9.57. The Hall–Kier alpha value is -2.82. The quantitative estimate of drug-likeness (QED) is 0.585. The van der Waals surface area contributed by atoms with Crippen molar-refractivity contribution in [1.29, 1.82) is 0 Å². The minimum Gasteiger partial charge on any atom is -0.507 e. The number of phenols is 1. The number of carbonyl (C=O) groups is 2. The smallest absolute Gasteiger partial charge is 0.323 e. The van der Waals surface area contributed by atoms with Crippen LogP contribution in [0.15, 0.2) is 36.4 Å². The van der Waals surface area contributed by atoms with Crippen LogP contribution in [0.5, 0.6) is 5.75 Å². The van der Waals surface area contributed by atoms with Crippen LogP contribution in [0.2, 0.25) is 0 Å². The van der Waals surface area contributed by atoms with Gasteiger partial charge in [0, 0.05) is 5.41 Å². The highest BCUT2D eigenvalue weighted by Gasteiger charge is 2.57. The van der Waals surface area contributed by atoms with Gasteiger partial charge in [0.05, 0.1) is 13.2 Å². The average molecular weight is 411 g/mol. The Kier molecular flexibility index (Phi) is 5.93. The van der Waals surface area contributed by atoms with E-state index in [9.17, 15) is 14.7 Å². The molecule has 2 aromatic rings. The molecule has 160 valence electrons. The van der Waals surface area contributed by atoms with Crippen LogP contribution in [-0.4, -0.2) is 30.3 Å². The Morgan fingerprint density at radius 3 is 2.07 bits per heavy atom. The van der Waals surface area contributed by atoms with Crippen LogP contribution < -0.4 is 0 Å². The van der Waals surface area contributed by atoms with Gasteiger partial charge in [0.2, 0.25) is 0 Å². The summed E-state index contributed by atoms with van der Waals surface area (Å²) in [5.41, 5.74) is 2.39. The summed E-state index contributed by atoms with van der Waals surface area (Å²) >= 11 is 0. The van der Waals surface area contributed by atoms with E-state index in [4.69, 9.17) is 9.47 Å². The molecule has 1 atom stereocenters. The monoisotopic (exact) mass is 410 g/mol. The topological polar surface area (TPSA) is 72.8 Å². The predicted octanol–water partition coefficient (Wildman–Crippen LogP) is 4.37. The molecule has 0 fully saturated rings. The summed E-state index contributed by atoms with van der Waals surface area (Å²) in [4.78, 5) is 26.4. The fraction of sp³-hybridized carbons (Fsp3) is 0.440. The van der Waals surface area contributed by atoms with Gasteiger partial charge >= 0.3 is 11.9 Å². The maximum atomic E-state index is 13.2. The zero-order valence-electron chi connectivity index (χ0n) is 18.4. The number of benzene rings is 2. The van der Waals surface area contributed by atoms with E-state index >= 15 is 0 Å². The van der Waals surface area contributed by atoms with Gasteiger partial charge in [-0.2, -0.15) is 0 Å². The van der Waals surface area contributed by atoms with Crippen molar-refractivity contribution in [3.05, 3.63) is 64.2 Å². The van der Waals surface area contributed by atoms with Crippen molar-refractivity contribution in [2.24, 2.45) is 5.41 Å². The van der Waals surface area contributed by atoms with Gasteiger partial charge in [-0.3, -0.25) is 9.59 Å². The Labute approximate surface area is 178 Å². The van der Waals surface area contributed by atoms with Gasteiger partial charge in [0.1, 0.15) is 5.75 Å². The summed E-state index contributed by atoms with van der Waals surface area (Å²) in [5, 5.41) is 10.3. The third-order valence-corrected chi connectivity index (χ3v) is 6.22.